The first kappa shape index (κ1) is 108. The molecule has 6 N–H and O–H groups in total. The van der Waals surface area contributed by atoms with E-state index in [4.69, 9.17) is 142 Å². The molecule has 0 aliphatic rings. The van der Waals surface area contributed by atoms with Crippen LogP contribution in [-0.4, -0.2) is 353 Å². The monoisotopic (exact) mass is 1870 g/mol. The van der Waals surface area contributed by atoms with Crippen molar-refractivity contribution in [3.8, 4) is 69.0 Å². The molecule has 0 unspecified atom stereocenters. The van der Waals surface area contributed by atoms with Crippen LogP contribution in [-0.2, 0) is 85.3 Å². The van der Waals surface area contributed by atoms with Crippen molar-refractivity contribution < 1.29 is 142 Å². The molecule has 0 atom stereocenters. The van der Waals surface area contributed by atoms with Gasteiger partial charge in [-0.15, -0.1) is 0 Å². The maximum Gasteiger partial charge on any atom is 0.259 e. The number of hydrogen-bond acceptors (Lipinski definition) is 36. The quantitative estimate of drug-likeness (QED) is 0.0231. The van der Waals surface area contributed by atoms with Crippen LogP contribution in [0.4, 0.5) is 0 Å². The number of nitrogens with one attached hydrogen (secondary N) is 6. The standard InChI is InChI=1S/C90H126N6O36/c1-103-13-19-115-25-31-121-37-43-127-73-55-74(128-44-38-122-32-26-116-20-14-104-2)62-49-61(73)85(97)91-67-52-68(80(110-8)58-79(67)109-7)93-87(99)63-50-64(76(130-46-40-124-34-28-118-22-16-106-4)56-75(63)129-45-39-123-33-27-117-21-15-105-3)89(101)95-71-54-72(84(114-12)60-83(71)113-11)96-90(102)66-51-65(88(100)94-70-53-69(92-86(62)98)81(111-9)59-82(70)112-10)77(131-47-41-125-35-29-119-23-17-107-5)57-78(66)132-48-42-126-36-30-120-24-18-108-6/h49-60H,13-48H2,1-12H3,(H,91,97)(H,92,98)(H,93,99)(H,94,100)(H,95,101)(H,96,102). The van der Waals surface area contributed by atoms with Crippen LogP contribution in [0.25, 0.3) is 65.4 Å². The molecule has 1 heterocycles. The maximum atomic E-state index is 15.6. The third-order valence-electron chi connectivity index (χ3n) is 18.5. The lowest BCUT2D eigenvalue weighted by molar-refractivity contribution is 0.0176. The van der Waals surface area contributed by atoms with Crippen molar-refractivity contribution in [3.63, 3.8) is 0 Å². The maximum absolute atomic E-state index is 15.6. The average Bonchev–Trinajstić information content (AvgIpc) is 0.785. The summed E-state index contributed by atoms with van der Waals surface area (Å²) >= 11 is 0. The number of methoxy groups -OCH3 is 12. The van der Waals surface area contributed by atoms with Gasteiger partial charge in [0, 0.05) is 79.1 Å². The number of aromatic amines is 6. The fraction of sp³-hybridized carbons (Fsp3) is 0.533. The topological polar surface area (TPSA) is 474 Å². The summed E-state index contributed by atoms with van der Waals surface area (Å²) in [4.78, 5) is 111. The van der Waals surface area contributed by atoms with Crippen molar-refractivity contribution in [2.45, 2.75) is 0 Å². The van der Waals surface area contributed by atoms with E-state index in [1.54, 1.807) is 42.7 Å². The Hall–Kier alpha value is -11.0. The first-order valence-corrected chi connectivity index (χ1v) is 42.4. The molecule has 0 aliphatic heterocycles. The first-order valence-electron chi connectivity index (χ1n) is 42.4. The van der Waals surface area contributed by atoms with Gasteiger partial charge in [-0.1, -0.05) is 0 Å². The zero-order chi connectivity index (χ0) is 94.7. The van der Waals surface area contributed by atoms with E-state index in [0.29, 0.717) is 79.3 Å². The fourth-order valence-electron chi connectivity index (χ4n) is 11.9. The lowest BCUT2D eigenvalue weighted by Crippen LogP contribution is -2.15. The van der Waals surface area contributed by atoms with E-state index >= 15 is 28.8 Å². The van der Waals surface area contributed by atoms with Crippen molar-refractivity contribution in [1.29, 1.82) is 0 Å². The first-order chi connectivity index (χ1) is 64.5. The SMILES string of the molecule is COCCOCCOCCOc1cc(OCCOCCOCCOC)c2cc1c(=O)[nH]c1cc([nH]c(=O)c3cc(c(OCCOCCOCCOC)cc3OCCOCCOCCOC)c(=O)[nH]c3cc([nH]c(=O)c4cc(c(OCCOCCOCCOC)cc4OCCOCCOCCOC)c(=O)[nH]c4cc([nH]c2=O)c(OC)cc4OC)c(OC)cc3OC)c(OC)cc1OC. The normalized spacial score (nSPS) is 11.2. The molecule has 0 spiro atoms. The van der Waals surface area contributed by atoms with E-state index in [1.165, 1.54) is 115 Å². The summed E-state index contributed by atoms with van der Waals surface area (Å²) in [6.45, 7) is 5.21. The highest BCUT2D eigenvalue weighted by atomic mass is 16.6. The summed E-state index contributed by atoms with van der Waals surface area (Å²) in [5.74, 6) is -0.756. The summed E-state index contributed by atoms with van der Waals surface area (Å²) < 4.78 is 173. The molecule has 1 aromatic heterocycles. The van der Waals surface area contributed by atoms with Gasteiger partial charge in [-0.2, -0.15) is 0 Å². The lowest BCUT2D eigenvalue weighted by atomic mass is 10.1. The van der Waals surface area contributed by atoms with Crippen LogP contribution in [0.1, 0.15) is 0 Å². The molecule has 132 heavy (non-hydrogen) atoms. The van der Waals surface area contributed by atoms with Gasteiger partial charge in [0.1, 0.15) is 109 Å². The summed E-state index contributed by atoms with van der Waals surface area (Å²) in [6, 6.07) is 15.9. The minimum atomic E-state index is -0.918. The second-order valence-electron chi connectivity index (χ2n) is 27.4. The second kappa shape index (κ2) is 64.0. The number of benzene rings is 6. The van der Waals surface area contributed by atoms with Gasteiger partial charge in [0.05, 0.1) is 306 Å². The average molecular weight is 1870 g/mol. The van der Waals surface area contributed by atoms with Gasteiger partial charge in [0.2, 0.25) is 0 Å². The smallest absolute Gasteiger partial charge is 0.259 e. The predicted molar refractivity (Wildman–Crippen MR) is 488 cm³/mol. The van der Waals surface area contributed by atoms with Gasteiger partial charge in [-0.3, -0.25) is 28.8 Å². The third-order valence-corrected chi connectivity index (χ3v) is 18.5. The Kier molecular flexibility index (Phi) is 52.4. The molecular formula is C90H126N6O36. The Labute approximate surface area is 761 Å². The molecule has 7 aromatic rings. The molecule has 0 radical (unpaired) electrons. The van der Waals surface area contributed by atoms with Crippen LogP contribution >= 0.6 is 0 Å². The van der Waals surface area contributed by atoms with E-state index < -0.39 is 33.4 Å². The minimum absolute atomic E-state index is 0.00200. The largest absolute Gasteiger partial charge is 0.494 e. The number of ether oxygens (including phenoxy) is 30. The summed E-state index contributed by atoms with van der Waals surface area (Å²) in [7, 11) is 17.3. The van der Waals surface area contributed by atoms with Crippen LogP contribution < -0.4 is 90.2 Å². The number of fused-ring (bicyclic) bond motifs is 12. The van der Waals surface area contributed by atoms with Crippen molar-refractivity contribution >= 4 is 65.4 Å². The zero-order valence-corrected chi connectivity index (χ0v) is 77.1. The molecule has 7 rings (SSSR count). The van der Waals surface area contributed by atoms with Crippen LogP contribution in [0, 0.1) is 0 Å². The third kappa shape index (κ3) is 37.2. The van der Waals surface area contributed by atoms with E-state index in [-0.39, 0.29) is 293 Å². The van der Waals surface area contributed by atoms with Gasteiger partial charge in [-0.25, -0.2) is 0 Å². The Morgan fingerprint density at radius 2 is 0.273 bits per heavy atom. The molecular weight excluding hydrogens is 1740 g/mol. The highest BCUT2D eigenvalue weighted by Gasteiger charge is 2.20. The summed E-state index contributed by atoms with van der Waals surface area (Å²) in [5, 5.41) is -1.63. The molecule has 42 nitrogen and oxygen atoms in total. The molecule has 0 fully saturated rings. The summed E-state index contributed by atoms with van der Waals surface area (Å²) in [6.07, 6.45) is 0. The highest BCUT2D eigenvalue weighted by molar-refractivity contribution is 5.84. The van der Waals surface area contributed by atoms with Crippen molar-refractivity contribution in [2.75, 3.05) is 323 Å². The highest BCUT2D eigenvalue weighted by Crippen LogP contribution is 2.35. The van der Waals surface area contributed by atoms with Gasteiger partial charge in [-0.05, 0) is 36.4 Å². The van der Waals surface area contributed by atoms with Crippen molar-refractivity contribution in [2.24, 2.45) is 0 Å². The van der Waals surface area contributed by atoms with Crippen LogP contribution in [0.3, 0.4) is 0 Å². The van der Waals surface area contributed by atoms with E-state index in [9.17, 15) is 0 Å². The van der Waals surface area contributed by atoms with Gasteiger partial charge in [0.15, 0.2) is 0 Å². The number of H-pyrrole nitrogens is 6. The van der Waals surface area contributed by atoms with Gasteiger partial charge < -0.3 is 172 Å². The molecule has 0 aliphatic carbocycles. The Morgan fingerprint density at radius 3 is 0.402 bits per heavy atom. The van der Waals surface area contributed by atoms with Crippen LogP contribution in [0.15, 0.2) is 102 Å². The number of aromatic nitrogens is 6. The van der Waals surface area contributed by atoms with Gasteiger partial charge in [0.25, 0.3) is 33.4 Å². The lowest BCUT2D eigenvalue weighted by Gasteiger charge is -2.13. The van der Waals surface area contributed by atoms with E-state index in [0.717, 1.165) is 0 Å². The van der Waals surface area contributed by atoms with Crippen molar-refractivity contribution in [1.82, 2.24) is 29.9 Å². The summed E-state index contributed by atoms with van der Waals surface area (Å²) in [5.41, 5.74) is -5.98. The molecule has 12 bridgehead atoms. The second-order valence-corrected chi connectivity index (χ2v) is 27.4. The van der Waals surface area contributed by atoms with E-state index in [1.807, 2.05) is 0 Å². The van der Waals surface area contributed by atoms with E-state index in [2.05, 4.69) is 29.9 Å². The molecule has 42 heteroatoms. The number of hydrogen-bond donors (Lipinski definition) is 6. The molecule has 732 valence electrons. The predicted octanol–water partition coefficient (Wildman–Crippen LogP) is 6.20. The minimum Gasteiger partial charge on any atom is -0.494 e. The Balaban J connectivity index is 1.70. The van der Waals surface area contributed by atoms with Gasteiger partial charge >= 0.3 is 0 Å². The van der Waals surface area contributed by atoms with Crippen LogP contribution in [0.5, 0.6) is 69.0 Å². The molecule has 6 aromatic carbocycles. The Morgan fingerprint density at radius 1 is 0.152 bits per heavy atom. The zero-order valence-electron chi connectivity index (χ0n) is 77.1. The van der Waals surface area contributed by atoms with Crippen LogP contribution in [0.2, 0.25) is 0 Å². The fourth-order valence-corrected chi connectivity index (χ4v) is 11.9. The van der Waals surface area contributed by atoms with Crippen molar-refractivity contribution in [3.05, 3.63) is 135 Å². The Bertz CT molecular complexity index is 4540. The molecule has 0 saturated heterocycles. The molecule has 0 amide bonds. The number of rotatable bonds is 66. The molecule has 0 saturated carbocycles.